The maximum absolute atomic E-state index is 12.7. The Hall–Kier alpha value is -3.41. The van der Waals surface area contributed by atoms with Gasteiger partial charge in [-0.2, -0.15) is 10.1 Å². The van der Waals surface area contributed by atoms with E-state index in [2.05, 4.69) is 11.7 Å². The summed E-state index contributed by atoms with van der Waals surface area (Å²) in [6.07, 6.45) is 4.60. The molecule has 0 N–H and O–H groups in total. The molecular weight excluding hydrogens is 504 g/mol. The lowest BCUT2D eigenvalue weighted by molar-refractivity contribution is -0.0363. The van der Waals surface area contributed by atoms with Crippen LogP contribution in [0.25, 0.3) is 0 Å². The van der Waals surface area contributed by atoms with Crippen LogP contribution in [0.15, 0.2) is 29.4 Å². The fourth-order valence-corrected chi connectivity index (χ4v) is 5.63. The van der Waals surface area contributed by atoms with Crippen molar-refractivity contribution >= 4 is 12.2 Å². The van der Waals surface area contributed by atoms with Gasteiger partial charge in [0.15, 0.2) is 5.82 Å². The highest BCUT2D eigenvalue weighted by Gasteiger charge is 2.59. The normalized spacial score (nSPS) is 22.0. The van der Waals surface area contributed by atoms with Gasteiger partial charge < -0.3 is 28.5 Å². The zero-order valence-corrected chi connectivity index (χ0v) is 23.2. The zero-order chi connectivity index (χ0) is 27.8. The fraction of sp³-hybridized carbons (Fsp3) is 0.667. The second-order valence-electron chi connectivity index (χ2n) is 11.8. The van der Waals surface area contributed by atoms with Crippen molar-refractivity contribution in [3.05, 3.63) is 42.3 Å². The summed E-state index contributed by atoms with van der Waals surface area (Å²) in [6, 6.07) is 1.78. The minimum Gasteiger partial charge on any atom is -0.445 e. The van der Waals surface area contributed by atoms with E-state index in [-0.39, 0.29) is 24.7 Å². The van der Waals surface area contributed by atoms with Crippen LogP contribution in [-0.4, -0.2) is 93.5 Å². The molecule has 0 radical (unpaired) electrons. The molecule has 3 fully saturated rings. The number of aromatic nitrogens is 4. The molecule has 2 aromatic rings. The Labute approximate surface area is 228 Å². The first kappa shape index (κ1) is 27.2. The van der Waals surface area contributed by atoms with Gasteiger partial charge in [-0.15, -0.1) is 0 Å². The van der Waals surface area contributed by atoms with Crippen LogP contribution in [0.2, 0.25) is 0 Å². The quantitative estimate of drug-likeness (QED) is 0.502. The molecule has 0 bridgehead atoms. The van der Waals surface area contributed by atoms with Crippen LogP contribution in [0.1, 0.15) is 75.8 Å². The number of amides is 2. The monoisotopic (exact) mass is 542 g/mol. The summed E-state index contributed by atoms with van der Waals surface area (Å²) in [5.74, 6) is 1.11. The van der Waals surface area contributed by atoms with Crippen LogP contribution < -0.4 is 0 Å². The van der Waals surface area contributed by atoms with Gasteiger partial charge in [-0.05, 0) is 46.6 Å². The van der Waals surface area contributed by atoms with Crippen molar-refractivity contribution in [3.63, 3.8) is 0 Å². The van der Waals surface area contributed by atoms with Crippen LogP contribution >= 0.6 is 0 Å². The topological polar surface area (TPSA) is 125 Å². The standard InChI is InChI=1S/C27H38N6O6/c1-6-11-37-24(34)31-14-20(27(15-31)16-32(17-27)25(35)38-26(3,4)5)22-28-23(39-30-22)18(2)33-10-7-21(29-33)19-8-12-36-13-9-19/h6-7,10,18-20H,1,8-9,11-17H2,2-5H3. The number of likely N-dealkylation sites (tertiary alicyclic amines) is 2. The third-order valence-corrected chi connectivity index (χ3v) is 7.69. The largest absolute Gasteiger partial charge is 0.445 e. The van der Waals surface area contributed by atoms with Gasteiger partial charge in [0.2, 0.25) is 0 Å². The molecule has 39 heavy (non-hydrogen) atoms. The van der Waals surface area contributed by atoms with Crippen molar-refractivity contribution in [1.82, 2.24) is 29.7 Å². The van der Waals surface area contributed by atoms with Gasteiger partial charge in [0, 0.05) is 56.9 Å². The summed E-state index contributed by atoms with van der Waals surface area (Å²) < 4.78 is 23.9. The van der Waals surface area contributed by atoms with Crippen molar-refractivity contribution < 1.29 is 28.3 Å². The van der Waals surface area contributed by atoms with E-state index < -0.39 is 17.1 Å². The molecule has 3 aliphatic heterocycles. The van der Waals surface area contributed by atoms with E-state index in [4.69, 9.17) is 28.8 Å². The number of carbonyl (C=O) groups excluding carboxylic acids is 2. The molecule has 12 nitrogen and oxygen atoms in total. The van der Waals surface area contributed by atoms with Gasteiger partial charge >= 0.3 is 12.2 Å². The molecule has 0 aliphatic carbocycles. The van der Waals surface area contributed by atoms with E-state index in [9.17, 15) is 9.59 Å². The van der Waals surface area contributed by atoms with E-state index in [0.29, 0.717) is 43.8 Å². The highest BCUT2D eigenvalue weighted by molar-refractivity contribution is 5.71. The highest BCUT2D eigenvalue weighted by atomic mass is 16.6. The van der Waals surface area contributed by atoms with Gasteiger partial charge in [-0.25, -0.2) is 9.59 Å². The average Bonchev–Trinajstić information content (AvgIpc) is 3.63. The molecule has 3 saturated heterocycles. The Morgan fingerprint density at radius 3 is 2.62 bits per heavy atom. The van der Waals surface area contributed by atoms with Crippen molar-refractivity contribution in [3.8, 4) is 0 Å². The zero-order valence-electron chi connectivity index (χ0n) is 23.2. The second-order valence-corrected chi connectivity index (χ2v) is 11.8. The summed E-state index contributed by atoms with van der Waals surface area (Å²) in [6.45, 7) is 14.4. The Morgan fingerprint density at radius 1 is 1.21 bits per heavy atom. The predicted octanol–water partition coefficient (Wildman–Crippen LogP) is 3.73. The van der Waals surface area contributed by atoms with Crippen LogP contribution in [-0.2, 0) is 14.2 Å². The summed E-state index contributed by atoms with van der Waals surface area (Å²) in [5.41, 5.74) is 0.0341. The number of hydrogen-bond donors (Lipinski definition) is 0. The Morgan fingerprint density at radius 2 is 1.92 bits per heavy atom. The molecular formula is C27H38N6O6. The van der Waals surface area contributed by atoms with E-state index in [0.717, 1.165) is 31.7 Å². The summed E-state index contributed by atoms with van der Waals surface area (Å²) in [7, 11) is 0. The van der Waals surface area contributed by atoms with E-state index in [1.807, 2.05) is 44.6 Å². The summed E-state index contributed by atoms with van der Waals surface area (Å²) >= 11 is 0. The first-order chi connectivity index (χ1) is 18.6. The first-order valence-electron chi connectivity index (χ1n) is 13.6. The molecule has 212 valence electrons. The summed E-state index contributed by atoms with van der Waals surface area (Å²) in [5, 5.41) is 9.12. The molecule has 2 aromatic heterocycles. The smallest absolute Gasteiger partial charge is 0.410 e. The molecule has 1 spiro atoms. The lowest BCUT2D eigenvalue weighted by Gasteiger charge is -2.49. The first-order valence-corrected chi connectivity index (χ1v) is 13.6. The van der Waals surface area contributed by atoms with Gasteiger partial charge in [-0.1, -0.05) is 17.8 Å². The number of ether oxygens (including phenoxy) is 3. The van der Waals surface area contributed by atoms with E-state index >= 15 is 0 Å². The van der Waals surface area contributed by atoms with Crippen molar-refractivity contribution in [2.45, 2.75) is 64.0 Å². The Kier molecular flexibility index (Phi) is 7.41. The van der Waals surface area contributed by atoms with Crippen LogP contribution in [0.5, 0.6) is 0 Å². The van der Waals surface area contributed by atoms with Crippen molar-refractivity contribution in [1.29, 1.82) is 0 Å². The van der Waals surface area contributed by atoms with Crippen molar-refractivity contribution in [2.75, 3.05) is 46.0 Å². The van der Waals surface area contributed by atoms with Gasteiger partial charge in [0.1, 0.15) is 18.2 Å². The molecule has 0 aromatic carbocycles. The maximum atomic E-state index is 12.7. The molecule has 5 rings (SSSR count). The fourth-order valence-electron chi connectivity index (χ4n) is 5.63. The minimum atomic E-state index is -0.592. The molecule has 2 atom stereocenters. The molecule has 5 heterocycles. The molecule has 2 amide bonds. The second kappa shape index (κ2) is 10.6. The summed E-state index contributed by atoms with van der Waals surface area (Å²) in [4.78, 5) is 33.4. The van der Waals surface area contributed by atoms with Gasteiger partial charge in [-0.3, -0.25) is 4.68 Å². The average molecular weight is 543 g/mol. The predicted molar refractivity (Wildman–Crippen MR) is 139 cm³/mol. The van der Waals surface area contributed by atoms with Crippen LogP contribution in [0, 0.1) is 5.41 Å². The van der Waals surface area contributed by atoms with Crippen LogP contribution in [0.4, 0.5) is 9.59 Å². The molecule has 12 heteroatoms. The third kappa shape index (κ3) is 5.66. The van der Waals surface area contributed by atoms with Gasteiger partial charge in [0.25, 0.3) is 5.89 Å². The maximum Gasteiger partial charge on any atom is 0.410 e. The van der Waals surface area contributed by atoms with Gasteiger partial charge in [0.05, 0.1) is 11.6 Å². The van der Waals surface area contributed by atoms with E-state index in [1.165, 1.54) is 6.08 Å². The molecule has 2 unspecified atom stereocenters. The minimum absolute atomic E-state index is 0.126. The van der Waals surface area contributed by atoms with E-state index in [1.54, 1.807) is 9.80 Å². The molecule has 0 saturated carbocycles. The van der Waals surface area contributed by atoms with Crippen molar-refractivity contribution in [2.24, 2.45) is 5.41 Å². The third-order valence-electron chi connectivity index (χ3n) is 7.69. The lowest BCUT2D eigenvalue weighted by atomic mass is 9.71. The number of carbonyl (C=O) groups is 2. The SMILES string of the molecule is C=CCOC(=O)N1CC(c2noc(C(C)n3ccc(C4CCOCC4)n3)n2)C2(C1)CN(C(=O)OC(C)(C)C)C2. The Bertz CT molecular complexity index is 1190. The Balaban J connectivity index is 1.32. The highest BCUT2D eigenvalue weighted by Crippen LogP contribution is 2.49. The molecule has 3 aliphatic rings. The number of hydrogen-bond acceptors (Lipinski definition) is 9. The number of rotatable bonds is 6. The van der Waals surface area contributed by atoms with Crippen LogP contribution in [0.3, 0.4) is 0 Å². The lowest BCUT2D eigenvalue weighted by Crippen LogP contribution is -2.62. The number of nitrogens with zero attached hydrogens (tertiary/aromatic N) is 6.